The molecule has 0 fully saturated rings. The minimum Gasteiger partial charge on any atom is -0.478 e. The molecule has 0 atom stereocenters. The van der Waals surface area contributed by atoms with Crippen LogP contribution in [0.3, 0.4) is 0 Å². The summed E-state index contributed by atoms with van der Waals surface area (Å²) < 4.78 is 1.06. The Morgan fingerprint density at radius 3 is 2.40 bits per heavy atom. The van der Waals surface area contributed by atoms with Crippen molar-refractivity contribution in [2.24, 2.45) is 0 Å². The number of hydrogen-bond donors (Lipinski definition) is 1. The van der Waals surface area contributed by atoms with Gasteiger partial charge < -0.3 is 5.11 Å². The Hall–Kier alpha value is -1.35. The fraction of sp³-hybridized carbons (Fsp3) is 0.250. The van der Waals surface area contributed by atoms with Gasteiger partial charge in [-0.3, -0.25) is 0 Å². The number of hydrogen-bond acceptors (Lipinski definition) is 2. The van der Waals surface area contributed by atoms with Crippen molar-refractivity contribution in [1.29, 1.82) is 0 Å². The van der Waals surface area contributed by atoms with E-state index in [2.05, 4.69) is 6.07 Å². The Balaban J connectivity index is 2.87. The van der Waals surface area contributed by atoms with Crippen LogP contribution in [-0.4, -0.2) is 11.1 Å². The monoisotopic (exact) mass is 220 g/mol. The molecular formula is C12H12O2S. The fourth-order valence-electron chi connectivity index (χ4n) is 1.74. The third-order valence-electron chi connectivity index (χ3n) is 2.69. The molecule has 0 aliphatic rings. The zero-order valence-corrected chi connectivity index (χ0v) is 9.73. The van der Waals surface area contributed by atoms with Gasteiger partial charge in [0.25, 0.3) is 0 Å². The molecule has 1 heterocycles. The standard InChI is InChI=1S/C12H12O2S/c1-6-4-9-10(5-7(6)2)15-8(3)11(9)12(13)14/h4-5H,1-3H3,(H,13,14). The number of carboxylic acids is 1. The van der Waals surface area contributed by atoms with Crippen LogP contribution in [0.4, 0.5) is 0 Å². The summed E-state index contributed by atoms with van der Waals surface area (Å²) in [7, 11) is 0. The highest BCUT2D eigenvalue weighted by molar-refractivity contribution is 7.19. The second-order valence-electron chi connectivity index (χ2n) is 3.77. The topological polar surface area (TPSA) is 37.3 Å². The highest BCUT2D eigenvalue weighted by Crippen LogP contribution is 2.32. The van der Waals surface area contributed by atoms with Crippen LogP contribution in [0.2, 0.25) is 0 Å². The van der Waals surface area contributed by atoms with E-state index in [0.717, 1.165) is 20.5 Å². The second-order valence-corrected chi connectivity index (χ2v) is 5.03. The number of carboxylic acid groups (broad SMARTS) is 1. The molecule has 0 saturated carbocycles. The molecule has 2 aromatic rings. The van der Waals surface area contributed by atoms with E-state index in [9.17, 15) is 4.79 Å². The van der Waals surface area contributed by atoms with Gasteiger partial charge in [-0.1, -0.05) is 0 Å². The first-order valence-electron chi connectivity index (χ1n) is 4.74. The third kappa shape index (κ3) is 1.53. The van der Waals surface area contributed by atoms with Crippen LogP contribution in [0, 0.1) is 20.8 Å². The lowest BCUT2D eigenvalue weighted by Crippen LogP contribution is -1.96. The Morgan fingerprint density at radius 2 is 1.80 bits per heavy atom. The van der Waals surface area contributed by atoms with Crippen LogP contribution in [-0.2, 0) is 0 Å². The van der Waals surface area contributed by atoms with Crippen LogP contribution in [0.25, 0.3) is 10.1 Å². The van der Waals surface area contributed by atoms with Gasteiger partial charge in [0.1, 0.15) is 0 Å². The molecule has 0 aliphatic carbocycles. The van der Waals surface area contributed by atoms with Crippen LogP contribution < -0.4 is 0 Å². The van der Waals surface area contributed by atoms with Crippen LogP contribution in [0.1, 0.15) is 26.4 Å². The Morgan fingerprint density at radius 1 is 1.20 bits per heavy atom. The van der Waals surface area contributed by atoms with Gasteiger partial charge in [-0.05, 0) is 44.0 Å². The lowest BCUT2D eigenvalue weighted by molar-refractivity contribution is 0.0699. The molecule has 1 N–H and O–H groups in total. The Bertz CT molecular complexity index is 552. The van der Waals surface area contributed by atoms with Gasteiger partial charge in [-0.25, -0.2) is 4.79 Å². The van der Waals surface area contributed by atoms with Crippen molar-refractivity contribution in [3.05, 3.63) is 33.7 Å². The van der Waals surface area contributed by atoms with E-state index >= 15 is 0 Å². The van der Waals surface area contributed by atoms with Crippen molar-refractivity contribution in [2.45, 2.75) is 20.8 Å². The smallest absolute Gasteiger partial charge is 0.337 e. The van der Waals surface area contributed by atoms with Gasteiger partial charge in [0.05, 0.1) is 5.56 Å². The second kappa shape index (κ2) is 3.35. The summed E-state index contributed by atoms with van der Waals surface area (Å²) >= 11 is 1.55. The fourth-order valence-corrected chi connectivity index (χ4v) is 2.88. The SMILES string of the molecule is Cc1cc2sc(C)c(C(=O)O)c2cc1C. The average molecular weight is 220 g/mol. The van der Waals surface area contributed by atoms with Crippen molar-refractivity contribution >= 4 is 27.4 Å². The maximum Gasteiger partial charge on any atom is 0.337 e. The van der Waals surface area contributed by atoms with Crippen LogP contribution >= 0.6 is 11.3 Å². The summed E-state index contributed by atoms with van der Waals surface area (Å²) in [5.41, 5.74) is 2.81. The van der Waals surface area contributed by atoms with Crippen molar-refractivity contribution in [3.63, 3.8) is 0 Å². The number of aromatic carboxylic acids is 1. The van der Waals surface area contributed by atoms with E-state index in [0.29, 0.717) is 5.56 Å². The zero-order valence-electron chi connectivity index (χ0n) is 8.92. The zero-order chi connectivity index (χ0) is 11.2. The van der Waals surface area contributed by atoms with E-state index in [-0.39, 0.29) is 0 Å². The lowest BCUT2D eigenvalue weighted by atomic mass is 10.0. The highest BCUT2D eigenvalue weighted by Gasteiger charge is 2.15. The summed E-state index contributed by atoms with van der Waals surface area (Å²) in [5.74, 6) is -0.831. The van der Waals surface area contributed by atoms with Crippen molar-refractivity contribution < 1.29 is 9.90 Å². The number of thiophene rings is 1. The predicted octanol–water partition coefficient (Wildman–Crippen LogP) is 3.52. The molecule has 1 aromatic carbocycles. The van der Waals surface area contributed by atoms with E-state index in [4.69, 9.17) is 5.11 Å². The van der Waals surface area contributed by atoms with Gasteiger partial charge in [-0.2, -0.15) is 0 Å². The maximum atomic E-state index is 11.1. The van der Waals surface area contributed by atoms with Crippen LogP contribution in [0.15, 0.2) is 12.1 Å². The minimum atomic E-state index is -0.831. The van der Waals surface area contributed by atoms with E-state index in [1.165, 1.54) is 5.56 Å². The first kappa shape index (κ1) is 10.2. The van der Waals surface area contributed by atoms with Gasteiger partial charge in [0.2, 0.25) is 0 Å². The summed E-state index contributed by atoms with van der Waals surface area (Å²) in [4.78, 5) is 12.0. The van der Waals surface area contributed by atoms with E-state index < -0.39 is 5.97 Å². The summed E-state index contributed by atoms with van der Waals surface area (Å²) in [5, 5.41) is 9.99. The van der Waals surface area contributed by atoms with E-state index in [1.54, 1.807) is 11.3 Å². The van der Waals surface area contributed by atoms with Crippen molar-refractivity contribution in [3.8, 4) is 0 Å². The molecule has 0 saturated heterocycles. The largest absolute Gasteiger partial charge is 0.478 e. The molecule has 0 amide bonds. The maximum absolute atomic E-state index is 11.1. The molecule has 78 valence electrons. The third-order valence-corrected chi connectivity index (χ3v) is 3.76. The van der Waals surface area contributed by atoms with Crippen molar-refractivity contribution in [1.82, 2.24) is 0 Å². The summed E-state index contributed by atoms with van der Waals surface area (Å²) in [6.45, 7) is 5.91. The number of benzene rings is 1. The Kier molecular flexibility index (Phi) is 2.27. The van der Waals surface area contributed by atoms with Gasteiger partial charge in [0, 0.05) is 15.0 Å². The van der Waals surface area contributed by atoms with Crippen LogP contribution in [0.5, 0.6) is 0 Å². The lowest BCUT2D eigenvalue weighted by Gasteiger charge is -2.00. The molecule has 0 spiro atoms. The molecule has 2 nitrogen and oxygen atoms in total. The summed E-state index contributed by atoms with van der Waals surface area (Å²) in [6, 6.07) is 4.03. The quantitative estimate of drug-likeness (QED) is 0.798. The molecule has 15 heavy (non-hydrogen) atoms. The molecule has 0 unspecified atom stereocenters. The number of rotatable bonds is 1. The van der Waals surface area contributed by atoms with Gasteiger partial charge in [0.15, 0.2) is 0 Å². The van der Waals surface area contributed by atoms with Gasteiger partial charge in [-0.15, -0.1) is 11.3 Å². The molecule has 3 heteroatoms. The number of fused-ring (bicyclic) bond motifs is 1. The number of aryl methyl sites for hydroxylation is 3. The first-order chi connectivity index (χ1) is 7.00. The molecule has 0 bridgehead atoms. The number of carbonyl (C=O) groups is 1. The minimum absolute atomic E-state index is 0.457. The Labute approximate surface area is 92.2 Å². The first-order valence-corrected chi connectivity index (χ1v) is 5.56. The molecule has 2 rings (SSSR count). The highest BCUT2D eigenvalue weighted by atomic mass is 32.1. The normalized spacial score (nSPS) is 10.9. The van der Waals surface area contributed by atoms with Gasteiger partial charge >= 0.3 is 5.97 Å². The molecule has 0 aliphatic heterocycles. The van der Waals surface area contributed by atoms with E-state index in [1.807, 2.05) is 26.8 Å². The van der Waals surface area contributed by atoms with Crippen molar-refractivity contribution in [2.75, 3.05) is 0 Å². The average Bonchev–Trinajstić information content (AvgIpc) is 2.41. The molecule has 0 radical (unpaired) electrons. The molecule has 1 aromatic heterocycles. The summed E-state index contributed by atoms with van der Waals surface area (Å²) in [6.07, 6.45) is 0. The molecular weight excluding hydrogens is 208 g/mol. The predicted molar refractivity (Wildman–Crippen MR) is 63.0 cm³/mol.